The first-order valence-electron chi connectivity index (χ1n) is 3.10. The summed E-state index contributed by atoms with van der Waals surface area (Å²) in [6, 6.07) is 2.00. The molecule has 1 aromatic carbocycles. The number of rotatable bonds is 1. The number of carbonyl (C=O) groups excluding carboxylic acids is 1. The third-order valence-electron chi connectivity index (χ3n) is 1.39. The lowest BCUT2D eigenvalue weighted by atomic mass is 10.1. The number of hydrogen-bond donors (Lipinski definition) is 0. The van der Waals surface area contributed by atoms with Crippen molar-refractivity contribution < 1.29 is 13.6 Å². The molecule has 0 bridgehead atoms. The van der Waals surface area contributed by atoms with Crippen molar-refractivity contribution in [2.24, 2.45) is 0 Å². The first-order chi connectivity index (χ1) is 5.70. The first-order valence-corrected chi connectivity index (χ1v) is 3.10. The lowest BCUT2D eigenvalue weighted by Crippen LogP contribution is -1.95. The van der Waals surface area contributed by atoms with Crippen LogP contribution in [0.25, 0.3) is 0 Å². The van der Waals surface area contributed by atoms with Gasteiger partial charge in [-0.25, -0.2) is 8.78 Å². The normalized spacial score (nSPS) is 9.08. The first kappa shape index (κ1) is 8.41. The summed E-state index contributed by atoms with van der Waals surface area (Å²) < 4.78 is 25.6. The molecule has 0 saturated heterocycles. The van der Waals surface area contributed by atoms with Crippen molar-refractivity contribution in [2.75, 3.05) is 0 Å². The molecule has 0 aliphatic heterocycles. The molecule has 0 aliphatic rings. The predicted molar refractivity (Wildman–Crippen MR) is 39.7 cm³/mol. The Bertz CT molecular complexity index is 364. The SMILES string of the molecule is C#Cc1c(F)ccc(C=O)c1F. The number of terminal acetylenes is 1. The average molecular weight is 166 g/mol. The number of halogens is 2. The molecule has 0 amide bonds. The summed E-state index contributed by atoms with van der Waals surface area (Å²) in [6.45, 7) is 0. The second kappa shape index (κ2) is 3.14. The van der Waals surface area contributed by atoms with E-state index in [4.69, 9.17) is 6.42 Å². The third-order valence-corrected chi connectivity index (χ3v) is 1.39. The van der Waals surface area contributed by atoms with Crippen LogP contribution in [-0.2, 0) is 0 Å². The molecule has 0 unspecified atom stereocenters. The quantitative estimate of drug-likeness (QED) is 0.459. The molecule has 0 heterocycles. The summed E-state index contributed by atoms with van der Waals surface area (Å²) >= 11 is 0. The van der Waals surface area contributed by atoms with Crippen molar-refractivity contribution in [3.8, 4) is 12.3 Å². The molecular weight excluding hydrogens is 162 g/mol. The Balaban J connectivity index is 3.46. The Morgan fingerprint density at radius 1 is 1.42 bits per heavy atom. The monoisotopic (exact) mass is 166 g/mol. The molecule has 3 heteroatoms. The Kier molecular flexibility index (Phi) is 2.20. The fraction of sp³-hybridized carbons (Fsp3) is 0. The lowest BCUT2D eigenvalue weighted by molar-refractivity contribution is 0.111. The van der Waals surface area contributed by atoms with Crippen molar-refractivity contribution in [1.29, 1.82) is 0 Å². The number of hydrogen-bond acceptors (Lipinski definition) is 1. The van der Waals surface area contributed by atoms with Crippen LogP contribution in [0.4, 0.5) is 8.78 Å². The van der Waals surface area contributed by atoms with Crippen LogP contribution in [-0.4, -0.2) is 6.29 Å². The van der Waals surface area contributed by atoms with E-state index in [1.54, 1.807) is 0 Å². The Morgan fingerprint density at radius 3 is 2.58 bits per heavy atom. The summed E-state index contributed by atoms with van der Waals surface area (Å²) in [6.07, 6.45) is 5.12. The molecule has 0 saturated carbocycles. The lowest BCUT2D eigenvalue weighted by Gasteiger charge is -1.98. The highest BCUT2D eigenvalue weighted by Gasteiger charge is 2.10. The van der Waals surface area contributed by atoms with Gasteiger partial charge in [0.15, 0.2) is 12.1 Å². The smallest absolute Gasteiger partial charge is 0.153 e. The molecule has 0 spiro atoms. The Morgan fingerprint density at radius 2 is 2.08 bits per heavy atom. The number of benzene rings is 1. The molecule has 0 radical (unpaired) electrons. The maximum Gasteiger partial charge on any atom is 0.153 e. The van der Waals surface area contributed by atoms with Crippen LogP contribution < -0.4 is 0 Å². The zero-order valence-electron chi connectivity index (χ0n) is 5.97. The molecule has 0 aliphatic carbocycles. The van der Waals surface area contributed by atoms with Crippen molar-refractivity contribution >= 4 is 6.29 Å². The van der Waals surface area contributed by atoms with Crippen molar-refractivity contribution in [2.45, 2.75) is 0 Å². The zero-order valence-corrected chi connectivity index (χ0v) is 5.97. The highest BCUT2D eigenvalue weighted by molar-refractivity contribution is 5.76. The van der Waals surface area contributed by atoms with Gasteiger partial charge in [0, 0.05) is 0 Å². The van der Waals surface area contributed by atoms with E-state index in [0.29, 0.717) is 0 Å². The molecule has 0 fully saturated rings. The summed E-state index contributed by atoms with van der Waals surface area (Å²) in [5.74, 6) is 0.0174. The van der Waals surface area contributed by atoms with Gasteiger partial charge in [0.05, 0.1) is 11.1 Å². The fourth-order valence-corrected chi connectivity index (χ4v) is 0.792. The molecular formula is C9H4F2O. The summed E-state index contributed by atoms with van der Waals surface area (Å²) in [4.78, 5) is 10.2. The Labute approximate surface area is 68.0 Å². The van der Waals surface area contributed by atoms with E-state index in [9.17, 15) is 13.6 Å². The highest BCUT2D eigenvalue weighted by atomic mass is 19.1. The van der Waals surface area contributed by atoms with Crippen LogP contribution in [0.3, 0.4) is 0 Å². The van der Waals surface area contributed by atoms with Gasteiger partial charge in [0.2, 0.25) is 0 Å². The van der Waals surface area contributed by atoms with Crippen LogP contribution in [0.2, 0.25) is 0 Å². The molecule has 1 aromatic rings. The summed E-state index contributed by atoms with van der Waals surface area (Å²) in [7, 11) is 0. The van der Waals surface area contributed by atoms with E-state index in [1.165, 1.54) is 0 Å². The molecule has 0 N–H and O–H groups in total. The second-order valence-corrected chi connectivity index (χ2v) is 2.09. The van der Waals surface area contributed by atoms with E-state index in [-0.39, 0.29) is 11.8 Å². The van der Waals surface area contributed by atoms with E-state index in [0.717, 1.165) is 12.1 Å². The van der Waals surface area contributed by atoms with Gasteiger partial charge in [-0.1, -0.05) is 5.92 Å². The predicted octanol–water partition coefficient (Wildman–Crippen LogP) is 1.76. The van der Waals surface area contributed by atoms with E-state index >= 15 is 0 Å². The topological polar surface area (TPSA) is 17.1 Å². The van der Waals surface area contributed by atoms with Crippen molar-refractivity contribution in [3.63, 3.8) is 0 Å². The second-order valence-electron chi connectivity index (χ2n) is 2.09. The van der Waals surface area contributed by atoms with Gasteiger partial charge in [-0.05, 0) is 12.1 Å². The van der Waals surface area contributed by atoms with Gasteiger partial charge >= 0.3 is 0 Å². The fourth-order valence-electron chi connectivity index (χ4n) is 0.792. The molecule has 1 rings (SSSR count). The Hall–Kier alpha value is -1.69. The van der Waals surface area contributed by atoms with Crippen LogP contribution in [0.1, 0.15) is 15.9 Å². The van der Waals surface area contributed by atoms with Crippen LogP contribution in [0, 0.1) is 24.0 Å². The van der Waals surface area contributed by atoms with Gasteiger partial charge < -0.3 is 0 Å². The number of carbonyl (C=O) groups is 1. The third kappa shape index (κ3) is 1.19. The standard InChI is InChI=1S/C9H4F2O/c1-2-7-8(10)4-3-6(5-12)9(7)11/h1,3-5H. The van der Waals surface area contributed by atoms with E-state index in [1.807, 2.05) is 5.92 Å². The largest absolute Gasteiger partial charge is 0.298 e. The van der Waals surface area contributed by atoms with Crippen LogP contribution >= 0.6 is 0 Å². The van der Waals surface area contributed by atoms with E-state index < -0.39 is 17.2 Å². The van der Waals surface area contributed by atoms with Gasteiger partial charge in [0.1, 0.15) is 5.82 Å². The summed E-state index contributed by atoms with van der Waals surface area (Å²) in [5, 5.41) is 0. The number of aldehydes is 1. The van der Waals surface area contributed by atoms with Gasteiger partial charge in [-0.2, -0.15) is 0 Å². The van der Waals surface area contributed by atoms with Crippen molar-refractivity contribution in [3.05, 3.63) is 34.9 Å². The molecule has 0 atom stereocenters. The summed E-state index contributed by atoms with van der Waals surface area (Å²) in [5.41, 5.74) is -0.732. The average Bonchev–Trinajstić information content (AvgIpc) is 2.06. The minimum absolute atomic E-state index is 0.232. The van der Waals surface area contributed by atoms with Gasteiger partial charge in [-0.3, -0.25) is 4.79 Å². The minimum atomic E-state index is -0.979. The molecule has 12 heavy (non-hydrogen) atoms. The molecule has 60 valence electrons. The van der Waals surface area contributed by atoms with Crippen LogP contribution in [0.5, 0.6) is 0 Å². The highest BCUT2D eigenvalue weighted by Crippen LogP contribution is 2.13. The minimum Gasteiger partial charge on any atom is -0.298 e. The zero-order chi connectivity index (χ0) is 9.14. The van der Waals surface area contributed by atoms with Crippen LogP contribution in [0.15, 0.2) is 12.1 Å². The molecule has 1 nitrogen and oxygen atoms in total. The van der Waals surface area contributed by atoms with Gasteiger partial charge in [0.25, 0.3) is 0 Å². The maximum absolute atomic E-state index is 12.9. The molecule has 0 aromatic heterocycles. The van der Waals surface area contributed by atoms with Gasteiger partial charge in [-0.15, -0.1) is 6.42 Å². The van der Waals surface area contributed by atoms with E-state index in [2.05, 4.69) is 0 Å². The maximum atomic E-state index is 12.9. The van der Waals surface area contributed by atoms with Crippen molar-refractivity contribution in [1.82, 2.24) is 0 Å².